The van der Waals surface area contributed by atoms with Gasteiger partial charge in [-0.05, 0) is 55.1 Å². The Labute approximate surface area is 129 Å². The zero-order chi connectivity index (χ0) is 14.1. The first-order chi connectivity index (χ1) is 10.4. The Morgan fingerprint density at radius 1 is 1.05 bits per heavy atom. The van der Waals surface area contributed by atoms with Crippen LogP contribution in [0.1, 0.15) is 18.4 Å². The number of hydrogen-bond acceptors (Lipinski definition) is 3. The fourth-order valence-corrected chi connectivity index (χ4v) is 4.08. The molecule has 3 aromatic rings. The maximum Gasteiger partial charge on any atom is 0.0370 e. The Balaban J connectivity index is 1.64. The number of aromatic nitrogens is 1. The van der Waals surface area contributed by atoms with Crippen molar-refractivity contribution >= 4 is 21.4 Å². The predicted molar refractivity (Wildman–Crippen MR) is 89.6 cm³/mol. The third kappa shape index (κ3) is 2.71. The molecule has 21 heavy (non-hydrogen) atoms. The average Bonchev–Trinajstić information content (AvgIpc) is 3.16. The highest BCUT2D eigenvalue weighted by molar-refractivity contribution is 7.22. The average molecular weight is 294 g/mol. The standard InChI is InChI=1S/C18H18N2S/c1-2-6-17-15(5-1)10-18(21-17)16-9-14(11-19-12-16)13-20-7-3-4-8-20/h1-2,5-6,9-12H,3-4,7-8,13H2. The summed E-state index contributed by atoms with van der Waals surface area (Å²) in [5.74, 6) is 0. The molecule has 0 radical (unpaired) electrons. The summed E-state index contributed by atoms with van der Waals surface area (Å²) in [4.78, 5) is 8.28. The van der Waals surface area contributed by atoms with Crippen molar-refractivity contribution in [2.75, 3.05) is 13.1 Å². The van der Waals surface area contributed by atoms with Gasteiger partial charge in [0.05, 0.1) is 0 Å². The Kier molecular flexibility index (Phi) is 3.45. The molecule has 106 valence electrons. The second kappa shape index (κ2) is 5.58. The molecule has 1 aliphatic rings. The summed E-state index contributed by atoms with van der Waals surface area (Å²) in [6.45, 7) is 3.49. The zero-order valence-electron chi connectivity index (χ0n) is 12.0. The molecule has 1 aromatic carbocycles. The molecule has 0 saturated carbocycles. The summed E-state index contributed by atoms with van der Waals surface area (Å²) in [6, 6.07) is 13.1. The largest absolute Gasteiger partial charge is 0.299 e. The van der Waals surface area contributed by atoms with E-state index in [0.29, 0.717) is 0 Å². The molecule has 0 spiro atoms. The highest BCUT2D eigenvalue weighted by Gasteiger charge is 2.12. The number of likely N-dealkylation sites (tertiary alicyclic amines) is 1. The summed E-state index contributed by atoms with van der Waals surface area (Å²) in [5.41, 5.74) is 2.57. The lowest BCUT2D eigenvalue weighted by Gasteiger charge is -2.14. The molecule has 3 heteroatoms. The van der Waals surface area contributed by atoms with Gasteiger partial charge >= 0.3 is 0 Å². The van der Waals surface area contributed by atoms with Crippen LogP contribution in [-0.4, -0.2) is 23.0 Å². The molecule has 4 rings (SSSR count). The van der Waals surface area contributed by atoms with Gasteiger partial charge in [0, 0.05) is 34.1 Å². The van der Waals surface area contributed by atoms with E-state index in [0.717, 1.165) is 6.54 Å². The molecule has 2 aromatic heterocycles. The number of hydrogen-bond donors (Lipinski definition) is 0. The van der Waals surface area contributed by atoms with Gasteiger partial charge in [0.2, 0.25) is 0 Å². The van der Waals surface area contributed by atoms with Gasteiger partial charge in [0.15, 0.2) is 0 Å². The van der Waals surface area contributed by atoms with E-state index in [1.165, 1.54) is 52.0 Å². The van der Waals surface area contributed by atoms with Crippen LogP contribution in [-0.2, 0) is 6.54 Å². The molecule has 1 aliphatic heterocycles. The Bertz CT molecular complexity index is 724. The van der Waals surface area contributed by atoms with E-state index in [2.05, 4.69) is 46.3 Å². The second-order valence-electron chi connectivity index (χ2n) is 5.71. The van der Waals surface area contributed by atoms with Crippen molar-refractivity contribution in [3.05, 3.63) is 54.4 Å². The van der Waals surface area contributed by atoms with Crippen LogP contribution >= 0.6 is 11.3 Å². The Morgan fingerprint density at radius 2 is 1.90 bits per heavy atom. The molecule has 0 N–H and O–H groups in total. The lowest BCUT2D eigenvalue weighted by atomic mass is 10.1. The van der Waals surface area contributed by atoms with E-state index in [1.807, 2.05) is 23.7 Å². The molecule has 2 nitrogen and oxygen atoms in total. The topological polar surface area (TPSA) is 16.1 Å². The van der Waals surface area contributed by atoms with Crippen LogP contribution < -0.4 is 0 Å². The Morgan fingerprint density at radius 3 is 2.76 bits per heavy atom. The van der Waals surface area contributed by atoms with E-state index in [9.17, 15) is 0 Å². The highest BCUT2D eigenvalue weighted by atomic mass is 32.1. The third-order valence-electron chi connectivity index (χ3n) is 4.11. The predicted octanol–water partition coefficient (Wildman–Crippen LogP) is 4.56. The lowest BCUT2D eigenvalue weighted by molar-refractivity contribution is 0.331. The second-order valence-corrected chi connectivity index (χ2v) is 6.80. The third-order valence-corrected chi connectivity index (χ3v) is 5.27. The van der Waals surface area contributed by atoms with Crippen LogP contribution in [0.5, 0.6) is 0 Å². The van der Waals surface area contributed by atoms with E-state index < -0.39 is 0 Å². The monoisotopic (exact) mass is 294 g/mol. The summed E-state index contributed by atoms with van der Waals surface area (Å²) in [6.07, 6.45) is 6.67. The van der Waals surface area contributed by atoms with Gasteiger partial charge < -0.3 is 0 Å². The highest BCUT2D eigenvalue weighted by Crippen LogP contribution is 2.33. The number of fused-ring (bicyclic) bond motifs is 1. The van der Waals surface area contributed by atoms with Crippen molar-refractivity contribution in [3.8, 4) is 10.4 Å². The summed E-state index contributed by atoms with van der Waals surface area (Å²) >= 11 is 1.85. The number of benzene rings is 1. The van der Waals surface area contributed by atoms with E-state index in [-0.39, 0.29) is 0 Å². The van der Waals surface area contributed by atoms with Gasteiger partial charge in [-0.1, -0.05) is 18.2 Å². The van der Waals surface area contributed by atoms with E-state index >= 15 is 0 Å². The fraction of sp³-hybridized carbons (Fsp3) is 0.278. The van der Waals surface area contributed by atoms with Crippen LogP contribution in [0.25, 0.3) is 20.5 Å². The van der Waals surface area contributed by atoms with Crippen LogP contribution in [0.15, 0.2) is 48.8 Å². The molecule has 0 unspecified atom stereocenters. The number of pyridine rings is 1. The number of rotatable bonds is 3. The van der Waals surface area contributed by atoms with Crippen LogP contribution in [0.3, 0.4) is 0 Å². The van der Waals surface area contributed by atoms with Crippen molar-refractivity contribution in [3.63, 3.8) is 0 Å². The molecule has 0 amide bonds. The molecule has 1 fully saturated rings. The first-order valence-corrected chi connectivity index (χ1v) is 8.35. The van der Waals surface area contributed by atoms with Crippen LogP contribution in [0, 0.1) is 0 Å². The summed E-state index contributed by atoms with van der Waals surface area (Å²) < 4.78 is 1.34. The van der Waals surface area contributed by atoms with Crippen LogP contribution in [0.4, 0.5) is 0 Å². The quantitative estimate of drug-likeness (QED) is 0.704. The number of thiophene rings is 1. The maximum atomic E-state index is 4.45. The van der Waals surface area contributed by atoms with Crippen molar-refractivity contribution < 1.29 is 0 Å². The normalized spacial score (nSPS) is 15.8. The molecular weight excluding hydrogens is 276 g/mol. The first-order valence-electron chi connectivity index (χ1n) is 7.54. The zero-order valence-corrected chi connectivity index (χ0v) is 12.8. The lowest BCUT2D eigenvalue weighted by Crippen LogP contribution is -2.18. The fourth-order valence-electron chi connectivity index (χ4n) is 3.03. The van der Waals surface area contributed by atoms with Gasteiger partial charge in [-0.3, -0.25) is 9.88 Å². The smallest absolute Gasteiger partial charge is 0.0370 e. The van der Waals surface area contributed by atoms with E-state index in [1.54, 1.807) is 0 Å². The summed E-state index contributed by atoms with van der Waals surface area (Å²) in [5, 5.41) is 1.32. The molecule has 0 bridgehead atoms. The van der Waals surface area contributed by atoms with Crippen molar-refractivity contribution in [2.24, 2.45) is 0 Å². The van der Waals surface area contributed by atoms with E-state index in [4.69, 9.17) is 0 Å². The van der Waals surface area contributed by atoms with Crippen molar-refractivity contribution in [2.45, 2.75) is 19.4 Å². The minimum Gasteiger partial charge on any atom is -0.299 e. The van der Waals surface area contributed by atoms with Crippen molar-refractivity contribution in [1.82, 2.24) is 9.88 Å². The molecular formula is C18H18N2S. The van der Waals surface area contributed by atoms with Gasteiger partial charge in [0.25, 0.3) is 0 Å². The molecule has 1 saturated heterocycles. The summed E-state index contributed by atoms with van der Waals surface area (Å²) in [7, 11) is 0. The number of nitrogens with zero attached hydrogens (tertiary/aromatic N) is 2. The SMILES string of the molecule is c1ccc2sc(-c3cncc(CN4CCCC4)c3)cc2c1. The maximum absolute atomic E-state index is 4.45. The Hall–Kier alpha value is -1.71. The van der Waals surface area contributed by atoms with Gasteiger partial charge in [0.1, 0.15) is 0 Å². The molecule has 3 heterocycles. The minimum atomic E-state index is 1.03. The van der Waals surface area contributed by atoms with Crippen LogP contribution in [0.2, 0.25) is 0 Å². The van der Waals surface area contributed by atoms with Gasteiger partial charge in [-0.2, -0.15) is 0 Å². The van der Waals surface area contributed by atoms with Crippen molar-refractivity contribution in [1.29, 1.82) is 0 Å². The minimum absolute atomic E-state index is 1.03. The first kappa shape index (κ1) is 13.0. The van der Waals surface area contributed by atoms with Gasteiger partial charge in [-0.25, -0.2) is 0 Å². The molecule has 0 aliphatic carbocycles. The van der Waals surface area contributed by atoms with Gasteiger partial charge in [-0.15, -0.1) is 11.3 Å². The molecule has 0 atom stereocenters.